The van der Waals surface area contributed by atoms with Crippen LogP contribution in [0.1, 0.15) is 0 Å². The number of hydrogen-bond acceptors (Lipinski definition) is 3. The summed E-state index contributed by atoms with van der Waals surface area (Å²) in [5.74, 6) is 0. The van der Waals surface area contributed by atoms with E-state index in [-0.39, 0.29) is 0 Å². The molecule has 5 heteroatoms. The maximum atomic E-state index is 11.7. The van der Waals surface area contributed by atoms with E-state index >= 15 is 0 Å². The Labute approximate surface area is 101 Å². The summed E-state index contributed by atoms with van der Waals surface area (Å²) >= 11 is 0. The molecule has 88 valence electrons. The highest BCUT2D eigenvalue weighted by Gasteiger charge is 2.02. The van der Waals surface area contributed by atoms with Crippen molar-refractivity contribution in [2.45, 2.75) is 0 Å². The number of para-hydroxylation sites is 1. The third kappa shape index (κ3) is 1.71. The van der Waals surface area contributed by atoms with Gasteiger partial charge >= 0.3 is 5.69 Å². The van der Waals surface area contributed by atoms with Gasteiger partial charge in [0.25, 0.3) is 5.56 Å². The molecule has 3 aromatic rings. The fourth-order valence-electron chi connectivity index (χ4n) is 1.81. The van der Waals surface area contributed by atoms with E-state index < -0.39 is 11.2 Å². The number of H-pyrrole nitrogens is 1. The highest BCUT2D eigenvalue weighted by atomic mass is 16.2. The van der Waals surface area contributed by atoms with Crippen LogP contribution in [0.3, 0.4) is 0 Å². The molecule has 0 spiro atoms. The third-order valence-electron chi connectivity index (χ3n) is 2.68. The molecular weight excluding hydrogens is 230 g/mol. The summed E-state index contributed by atoms with van der Waals surface area (Å²) in [7, 11) is 0. The van der Waals surface area contributed by atoms with E-state index in [0.717, 1.165) is 10.9 Å². The zero-order valence-corrected chi connectivity index (χ0v) is 9.33. The second kappa shape index (κ2) is 3.96. The Morgan fingerprint density at radius 1 is 1.11 bits per heavy atom. The van der Waals surface area contributed by atoms with E-state index in [2.05, 4.69) is 9.97 Å². The summed E-state index contributed by atoms with van der Waals surface area (Å²) in [5, 5.41) is 0.938. The number of hydrogen-bond donors (Lipinski definition) is 1. The van der Waals surface area contributed by atoms with Crippen molar-refractivity contribution in [3.05, 3.63) is 69.6 Å². The lowest BCUT2D eigenvalue weighted by molar-refractivity contribution is 0.893. The lowest BCUT2D eigenvalue weighted by atomic mass is 10.2. The summed E-state index contributed by atoms with van der Waals surface area (Å²) in [6.45, 7) is 0. The van der Waals surface area contributed by atoms with Gasteiger partial charge in [0.15, 0.2) is 0 Å². The van der Waals surface area contributed by atoms with Crippen LogP contribution in [0, 0.1) is 0 Å². The molecule has 0 aliphatic carbocycles. The molecule has 5 nitrogen and oxygen atoms in total. The molecule has 0 bridgehead atoms. The van der Waals surface area contributed by atoms with E-state index in [4.69, 9.17) is 0 Å². The van der Waals surface area contributed by atoms with Crippen molar-refractivity contribution in [2.75, 3.05) is 0 Å². The van der Waals surface area contributed by atoms with E-state index in [0.29, 0.717) is 5.69 Å². The molecule has 0 aliphatic rings. The van der Waals surface area contributed by atoms with Crippen LogP contribution in [0.25, 0.3) is 16.6 Å². The van der Waals surface area contributed by atoms with Crippen molar-refractivity contribution < 1.29 is 0 Å². The minimum atomic E-state index is -0.473. The first kappa shape index (κ1) is 10.5. The summed E-state index contributed by atoms with van der Waals surface area (Å²) in [4.78, 5) is 29.1. The van der Waals surface area contributed by atoms with E-state index in [1.54, 1.807) is 6.20 Å². The Balaban J connectivity index is 2.25. The van der Waals surface area contributed by atoms with Gasteiger partial charge in [-0.05, 0) is 12.1 Å². The van der Waals surface area contributed by atoms with Gasteiger partial charge in [-0.25, -0.2) is 4.79 Å². The molecule has 2 aromatic heterocycles. The first-order chi connectivity index (χ1) is 8.74. The van der Waals surface area contributed by atoms with Gasteiger partial charge in [-0.3, -0.25) is 19.3 Å². The van der Waals surface area contributed by atoms with Crippen molar-refractivity contribution in [1.29, 1.82) is 0 Å². The SMILES string of the molecule is O=c1ccn(-c2cnc3ccccc3c2)c(=O)[nH]1. The van der Waals surface area contributed by atoms with Crippen molar-refractivity contribution in [1.82, 2.24) is 14.5 Å². The zero-order valence-electron chi connectivity index (χ0n) is 9.33. The first-order valence-corrected chi connectivity index (χ1v) is 5.41. The number of aromatic amines is 1. The van der Waals surface area contributed by atoms with Crippen molar-refractivity contribution in [3.63, 3.8) is 0 Å². The maximum Gasteiger partial charge on any atom is 0.332 e. The molecule has 1 aromatic carbocycles. The molecule has 18 heavy (non-hydrogen) atoms. The maximum absolute atomic E-state index is 11.7. The lowest BCUT2D eigenvalue weighted by Crippen LogP contribution is -2.27. The number of benzene rings is 1. The van der Waals surface area contributed by atoms with E-state index in [9.17, 15) is 9.59 Å². The van der Waals surface area contributed by atoms with Gasteiger partial charge < -0.3 is 0 Å². The fraction of sp³-hybridized carbons (Fsp3) is 0. The van der Waals surface area contributed by atoms with Crippen molar-refractivity contribution in [3.8, 4) is 5.69 Å². The van der Waals surface area contributed by atoms with Gasteiger partial charge in [-0.15, -0.1) is 0 Å². The quantitative estimate of drug-likeness (QED) is 0.690. The van der Waals surface area contributed by atoms with Crippen LogP contribution in [0.4, 0.5) is 0 Å². The lowest BCUT2D eigenvalue weighted by Gasteiger charge is -2.05. The van der Waals surface area contributed by atoms with Gasteiger partial charge in [0.2, 0.25) is 0 Å². The molecule has 2 heterocycles. The smallest absolute Gasteiger partial charge is 0.274 e. The molecule has 0 aliphatic heterocycles. The third-order valence-corrected chi connectivity index (χ3v) is 2.68. The molecule has 0 amide bonds. The average molecular weight is 239 g/mol. The molecule has 3 rings (SSSR count). The average Bonchev–Trinajstić information content (AvgIpc) is 2.38. The molecule has 0 fully saturated rings. The largest absolute Gasteiger partial charge is 0.332 e. The van der Waals surface area contributed by atoms with Crippen LogP contribution in [0.15, 0.2) is 58.4 Å². The van der Waals surface area contributed by atoms with Crippen LogP contribution in [-0.2, 0) is 0 Å². The van der Waals surface area contributed by atoms with Crippen LogP contribution < -0.4 is 11.2 Å². The Bertz CT molecular complexity index is 833. The first-order valence-electron chi connectivity index (χ1n) is 5.41. The Kier molecular flexibility index (Phi) is 2.30. The zero-order chi connectivity index (χ0) is 12.5. The van der Waals surface area contributed by atoms with E-state index in [1.807, 2.05) is 30.3 Å². The Morgan fingerprint density at radius 2 is 1.94 bits per heavy atom. The number of nitrogens with zero attached hydrogens (tertiary/aromatic N) is 2. The summed E-state index contributed by atoms with van der Waals surface area (Å²) in [6.07, 6.45) is 3.04. The second-order valence-corrected chi connectivity index (χ2v) is 3.87. The topological polar surface area (TPSA) is 67.8 Å². The molecule has 1 N–H and O–H groups in total. The Hall–Kier alpha value is -2.69. The molecule has 0 unspecified atom stereocenters. The molecular formula is C13H9N3O2. The number of pyridine rings is 1. The molecule has 0 atom stereocenters. The van der Waals surface area contributed by atoms with Gasteiger partial charge in [-0.1, -0.05) is 18.2 Å². The molecule has 0 saturated carbocycles. The van der Waals surface area contributed by atoms with Crippen LogP contribution >= 0.6 is 0 Å². The Morgan fingerprint density at radius 3 is 2.78 bits per heavy atom. The molecule has 0 radical (unpaired) electrons. The predicted molar refractivity (Wildman–Crippen MR) is 68.0 cm³/mol. The number of fused-ring (bicyclic) bond motifs is 1. The van der Waals surface area contributed by atoms with Gasteiger partial charge in [-0.2, -0.15) is 0 Å². The number of nitrogens with one attached hydrogen (secondary N) is 1. The standard InChI is InChI=1S/C13H9N3O2/c17-12-5-6-16(13(18)15-12)10-7-9-3-1-2-4-11(9)14-8-10/h1-8H,(H,15,17,18). The predicted octanol–water partition coefficient (Wildman–Crippen LogP) is 1.07. The number of aromatic nitrogens is 3. The monoisotopic (exact) mass is 239 g/mol. The normalized spacial score (nSPS) is 10.7. The summed E-state index contributed by atoms with van der Waals surface area (Å²) in [5.41, 5.74) is 0.596. The number of rotatable bonds is 1. The van der Waals surface area contributed by atoms with Gasteiger partial charge in [0.1, 0.15) is 0 Å². The summed E-state index contributed by atoms with van der Waals surface area (Å²) < 4.78 is 1.35. The van der Waals surface area contributed by atoms with Crippen LogP contribution in [0.5, 0.6) is 0 Å². The minimum Gasteiger partial charge on any atom is -0.274 e. The van der Waals surface area contributed by atoms with Gasteiger partial charge in [0.05, 0.1) is 17.4 Å². The minimum absolute atomic E-state index is 0.412. The van der Waals surface area contributed by atoms with Crippen molar-refractivity contribution >= 4 is 10.9 Å². The fourth-order valence-corrected chi connectivity index (χ4v) is 1.81. The second-order valence-electron chi connectivity index (χ2n) is 3.87. The highest BCUT2D eigenvalue weighted by Crippen LogP contribution is 2.14. The molecule has 0 saturated heterocycles. The highest BCUT2D eigenvalue weighted by molar-refractivity contribution is 5.80. The van der Waals surface area contributed by atoms with Crippen LogP contribution in [0.2, 0.25) is 0 Å². The van der Waals surface area contributed by atoms with E-state index in [1.165, 1.54) is 16.8 Å². The van der Waals surface area contributed by atoms with Crippen molar-refractivity contribution in [2.24, 2.45) is 0 Å². The van der Waals surface area contributed by atoms with Crippen LogP contribution in [-0.4, -0.2) is 14.5 Å². The van der Waals surface area contributed by atoms with Gasteiger partial charge in [0, 0.05) is 17.6 Å². The summed E-state index contributed by atoms with van der Waals surface area (Å²) in [6, 6.07) is 10.8.